The van der Waals surface area contributed by atoms with Gasteiger partial charge in [-0.15, -0.1) is 0 Å². The Morgan fingerprint density at radius 3 is 2.95 bits per heavy atom. The Morgan fingerprint density at radius 2 is 2.21 bits per heavy atom. The van der Waals surface area contributed by atoms with Crippen molar-refractivity contribution in [2.24, 2.45) is 0 Å². The zero-order valence-corrected chi connectivity index (χ0v) is 11.1. The number of rotatable bonds is 2. The van der Waals surface area contributed by atoms with E-state index in [1.807, 2.05) is 31.2 Å². The number of para-hydroxylation sites is 1. The summed E-state index contributed by atoms with van der Waals surface area (Å²) in [7, 11) is 0. The van der Waals surface area contributed by atoms with Crippen molar-refractivity contribution in [3.8, 4) is 0 Å². The van der Waals surface area contributed by atoms with Crippen LogP contribution in [0.2, 0.25) is 0 Å². The number of piperidine rings is 1. The van der Waals surface area contributed by atoms with Crippen LogP contribution in [0.5, 0.6) is 0 Å². The predicted molar refractivity (Wildman–Crippen MR) is 76.4 cm³/mol. The Labute approximate surface area is 112 Å². The lowest BCUT2D eigenvalue weighted by Gasteiger charge is -2.23. The lowest BCUT2D eigenvalue weighted by molar-refractivity contribution is 0.0926. The number of nitrogens with one attached hydrogen (secondary N) is 3. The number of H-pyrrole nitrogens is 1. The van der Waals surface area contributed by atoms with Crippen molar-refractivity contribution in [3.63, 3.8) is 0 Å². The Morgan fingerprint density at radius 1 is 1.37 bits per heavy atom. The predicted octanol–water partition coefficient (Wildman–Crippen LogP) is 1.96. The van der Waals surface area contributed by atoms with E-state index in [0.717, 1.165) is 42.4 Å². The van der Waals surface area contributed by atoms with E-state index in [1.54, 1.807) is 0 Å². The second kappa shape index (κ2) is 5.05. The molecule has 4 nitrogen and oxygen atoms in total. The van der Waals surface area contributed by atoms with Crippen molar-refractivity contribution in [3.05, 3.63) is 35.5 Å². The number of carbonyl (C=O) groups excluding carboxylic acids is 1. The molecule has 2 aromatic rings. The summed E-state index contributed by atoms with van der Waals surface area (Å²) in [4.78, 5) is 15.6. The second-order valence-corrected chi connectivity index (χ2v) is 5.19. The Balaban J connectivity index is 1.83. The molecular formula is C15H19N3O. The molecule has 100 valence electrons. The minimum absolute atomic E-state index is 0.00222. The van der Waals surface area contributed by atoms with Gasteiger partial charge in [0.2, 0.25) is 0 Å². The van der Waals surface area contributed by atoms with E-state index in [1.165, 1.54) is 0 Å². The fourth-order valence-corrected chi connectivity index (χ4v) is 2.74. The molecule has 3 N–H and O–H groups in total. The number of aryl methyl sites for hydroxylation is 1. The van der Waals surface area contributed by atoms with Crippen LogP contribution in [-0.4, -0.2) is 30.0 Å². The van der Waals surface area contributed by atoms with Crippen LogP contribution in [0.25, 0.3) is 10.9 Å². The van der Waals surface area contributed by atoms with Gasteiger partial charge >= 0.3 is 0 Å². The molecule has 1 unspecified atom stereocenters. The van der Waals surface area contributed by atoms with Crippen molar-refractivity contribution in [1.82, 2.24) is 15.6 Å². The third-order valence-corrected chi connectivity index (χ3v) is 3.82. The van der Waals surface area contributed by atoms with Crippen LogP contribution in [0.3, 0.4) is 0 Å². The molecule has 0 spiro atoms. The van der Waals surface area contributed by atoms with Gasteiger partial charge in [0.25, 0.3) is 5.91 Å². The zero-order valence-electron chi connectivity index (χ0n) is 11.1. The maximum atomic E-state index is 12.3. The number of aromatic nitrogens is 1. The first-order chi connectivity index (χ1) is 9.25. The van der Waals surface area contributed by atoms with Crippen LogP contribution in [0, 0.1) is 6.92 Å². The van der Waals surface area contributed by atoms with E-state index < -0.39 is 0 Å². The molecule has 1 aliphatic rings. The van der Waals surface area contributed by atoms with E-state index in [-0.39, 0.29) is 11.9 Å². The third-order valence-electron chi connectivity index (χ3n) is 3.82. The van der Waals surface area contributed by atoms with E-state index in [0.29, 0.717) is 5.69 Å². The topological polar surface area (TPSA) is 56.9 Å². The average Bonchev–Trinajstić information content (AvgIpc) is 2.78. The summed E-state index contributed by atoms with van der Waals surface area (Å²) in [6.07, 6.45) is 2.18. The fourth-order valence-electron chi connectivity index (χ4n) is 2.74. The molecular weight excluding hydrogens is 238 g/mol. The molecule has 4 heteroatoms. The van der Waals surface area contributed by atoms with E-state index in [4.69, 9.17) is 0 Å². The molecule has 1 aromatic heterocycles. The highest BCUT2D eigenvalue weighted by Crippen LogP contribution is 2.21. The molecule has 0 aliphatic carbocycles. The number of hydrogen-bond acceptors (Lipinski definition) is 2. The van der Waals surface area contributed by atoms with Crippen molar-refractivity contribution >= 4 is 16.8 Å². The maximum Gasteiger partial charge on any atom is 0.268 e. The molecule has 2 heterocycles. The number of benzene rings is 1. The van der Waals surface area contributed by atoms with Gasteiger partial charge in [0.15, 0.2) is 0 Å². The van der Waals surface area contributed by atoms with Crippen LogP contribution in [0.1, 0.15) is 28.9 Å². The van der Waals surface area contributed by atoms with Crippen LogP contribution >= 0.6 is 0 Å². The number of carbonyl (C=O) groups is 1. The first-order valence-corrected chi connectivity index (χ1v) is 6.84. The van der Waals surface area contributed by atoms with Gasteiger partial charge in [-0.25, -0.2) is 0 Å². The summed E-state index contributed by atoms with van der Waals surface area (Å²) >= 11 is 0. The monoisotopic (exact) mass is 257 g/mol. The molecule has 1 amide bonds. The summed E-state index contributed by atoms with van der Waals surface area (Å²) in [6, 6.07) is 8.26. The highest BCUT2D eigenvalue weighted by molar-refractivity contribution is 6.00. The third kappa shape index (κ3) is 2.36. The van der Waals surface area contributed by atoms with E-state index in [9.17, 15) is 4.79 Å². The number of fused-ring (bicyclic) bond motifs is 1. The molecule has 0 saturated carbocycles. The summed E-state index contributed by atoms with van der Waals surface area (Å²) in [6.45, 7) is 3.91. The summed E-state index contributed by atoms with van der Waals surface area (Å²) in [5.41, 5.74) is 2.73. The summed E-state index contributed by atoms with van der Waals surface area (Å²) in [5.74, 6) is 0.00222. The minimum Gasteiger partial charge on any atom is -0.350 e. The highest BCUT2D eigenvalue weighted by atomic mass is 16.2. The fraction of sp³-hybridized carbons (Fsp3) is 0.400. The first kappa shape index (κ1) is 12.2. The Hall–Kier alpha value is -1.81. The average molecular weight is 257 g/mol. The lowest BCUT2D eigenvalue weighted by Crippen LogP contribution is -2.45. The van der Waals surface area contributed by atoms with Gasteiger partial charge in [-0.2, -0.15) is 0 Å². The van der Waals surface area contributed by atoms with Gasteiger partial charge in [-0.05, 0) is 37.9 Å². The number of hydrogen-bond donors (Lipinski definition) is 3. The van der Waals surface area contributed by atoms with Gasteiger partial charge in [0.1, 0.15) is 5.69 Å². The molecule has 1 fully saturated rings. The molecule has 0 bridgehead atoms. The quantitative estimate of drug-likeness (QED) is 0.770. The molecule has 1 atom stereocenters. The summed E-state index contributed by atoms with van der Waals surface area (Å²) in [5, 5.41) is 7.53. The van der Waals surface area contributed by atoms with Crippen molar-refractivity contribution in [1.29, 1.82) is 0 Å². The van der Waals surface area contributed by atoms with E-state index >= 15 is 0 Å². The highest BCUT2D eigenvalue weighted by Gasteiger charge is 2.19. The van der Waals surface area contributed by atoms with Gasteiger partial charge in [-0.1, -0.05) is 18.2 Å². The SMILES string of the molecule is Cc1c(C(=O)NC2CCCNC2)[nH]c2ccccc12. The normalized spacial score (nSPS) is 19.5. The summed E-state index contributed by atoms with van der Waals surface area (Å²) < 4.78 is 0. The van der Waals surface area contributed by atoms with Crippen molar-refractivity contribution < 1.29 is 4.79 Å². The zero-order chi connectivity index (χ0) is 13.2. The Kier molecular flexibility index (Phi) is 3.25. The smallest absolute Gasteiger partial charge is 0.268 e. The molecule has 3 rings (SSSR count). The van der Waals surface area contributed by atoms with Crippen LogP contribution in [0.4, 0.5) is 0 Å². The van der Waals surface area contributed by atoms with Gasteiger partial charge < -0.3 is 15.6 Å². The maximum absolute atomic E-state index is 12.3. The second-order valence-electron chi connectivity index (χ2n) is 5.19. The van der Waals surface area contributed by atoms with Crippen molar-refractivity contribution in [2.75, 3.05) is 13.1 Å². The van der Waals surface area contributed by atoms with Crippen LogP contribution in [-0.2, 0) is 0 Å². The minimum atomic E-state index is 0.00222. The largest absolute Gasteiger partial charge is 0.350 e. The van der Waals surface area contributed by atoms with Crippen LogP contribution < -0.4 is 10.6 Å². The van der Waals surface area contributed by atoms with Gasteiger partial charge in [0, 0.05) is 23.5 Å². The molecule has 1 aromatic carbocycles. The molecule has 19 heavy (non-hydrogen) atoms. The molecule has 1 saturated heterocycles. The number of aromatic amines is 1. The molecule has 1 aliphatic heterocycles. The van der Waals surface area contributed by atoms with Crippen LogP contribution in [0.15, 0.2) is 24.3 Å². The van der Waals surface area contributed by atoms with E-state index in [2.05, 4.69) is 15.6 Å². The first-order valence-electron chi connectivity index (χ1n) is 6.84. The Bertz CT molecular complexity index is 596. The van der Waals surface area contributed by atoms with Gasteiger partial charge in [0.05, 0.1) is 0 Å². The standard InChI is InChI=1S/C15H19N3O/c1-10-12-6-2-3-7-13(12)18-14(10)15(19)17-11-5-4-8-16-9-11/h2-3,6-7,11,16,18H,4-5,8-9H2,1H3,(H,17,19). The lowest BCUT2D eigenvalue weighted by atomic mass is 10.1. The van der Waals surface area contributed by atoms with Crippen molar-refractivity contribution in [2.45, 2.75) is 25.8 Å². The molecule has 0 radical (unpaired) electrons. The van der Waals surface area contributed by atoms with Gasteiger partial charge in [-0.3, -0.25) is 4.79 Å². The number of amides is 1.